The second kappa shape index (κ2) is 8.68. The van der Waals surface area contributed by atoms with Crippen molar-refractivity contribution < 1.29 is 0 Å². The van der Waals surface area contributed by atoms with E-state index in [1.54, 1.807) is 35.6 Å². The van der Waals surface area contributed by atoms with Crippen molar-refractivity contribution in [2.24, 2.45) is 0 Å². The quantitative estimate of drug-likeness (QED) is 0.274. The number of aryl methyl sites for hydroxylation is 2. The highest BCUT2D eigenvalue weighted by Gasteiger charge is 2.18. The molecule has 4 heterocycles. The van der Waals surface area contributed by atoms with Crippen LogP contribution in [-0.2, 0) is 0 Å². The van der Waals surface area contributed by atoms with E-state index in [9.17, 15) is 4.79 Å². The standard InChI is InChI=1S/C19H25N7OS2/c1-13-14(2)29-17-16(13)18(27)26(20)19(23-17)28-11-3-6-24-7-9-25(10-8-24)15-4-5-21-12-22-15/h4-5,12H,3,6-11,20H2,1-2H3. The molecule has 2 N–H and O–H groups in total. The van der Waals surface area contributed by atoms with E-state index in [4.69, 9.17) is 5.84 Å². The Bertz CT molecular complexity index is 1040. The zero-order valence-corrected chi connectivity index (χ0v) is 18.3. The molecule has 3 aromatic rings. The molecule has 8 nitrogen and oxygen atoms in total. The Hall–Kier alpha value is -2.17. The minimum Gasteiger partial charge on any atom is -0.354 e. The number of rotatable bonds is 6. The third kappa shape index (κ3) is 4.24. The summed E-state index contributed by atoms with van der Waals surface area (Å²) >= 11 is 3.12. The fourth-order valence-corrected chi connectivity index (χ4v) is 5.42. The van der Waals surface area contributed by atoms with Crippen LogP contribution >= 0.6 is 23.1 Å². The van der Waals surface area contributed by atoms with Gasteiger partial charge in [0.05, 0.1) is 5.39 Å². The average Bonchev–Trinajstić information content (AvgIpc) is 3.03. The summed E-state index contributed by atoms with van der Waals surface area (Å²) in [6.07, 6.45) is 4.40. The van der Waals surface area contributed by atoms with Crippen molar-refractivity contribution >= 4 is 39.1 Å². The monoisotopic (exact) mass is 431 g/mol. The zero-order chi connectivity index (χ0) is 20.4. The van der Waals surface area contributed by atoms with Crippen molar-refractivity contribution in [2.75, 3.05) is 49.2 Å². The molecule has 0 bridgehead atoms. The van der Waals surface area contributed by atoms with Crippen LogP contribution in [0.4, 0.5) is 5.82 Å². The highest BCUT2D eigenvalue weighted by molar-refractivity contribution is 7.99. The summed E-state index contributed by atoms with van der Waals surface area (Å²) in [5, 5.41) is 1.25. The van der Waals surface area contributed by atoms with Gasteiger partial charge in [-0.05, 0) is 38.4 Å². The first-order chi connectivity index (χ1) is 14.0. The Morgan fingerprint density at radius 3 is 2.76 bits per heavy atom. The highest BCUT2D eigenvalue weighted by atomic mass is 32.2. The number of hydrogen-bond donors (Lipinski definition) is 1. The predicted octanol–water partition coefficient (Wildman–Crippen LogP) is 1.88. The van der Waals surface area contributed by atoms with Gasteiger partial charge in [0, 0.05) is 43.0 Å². The molecule has 0 saturated carbocycles. The molecule has 10 heteroatoms. The summed E-state index contributed by atoms with van der Waals surface area (Å²) in [6, 6.07) is 1.96. The normalized spacial score (nSPS) is 15.3. The first-order valence-corrected chi connectivity index (χ1v) is 11.5. The number of nitrogen functional groups attached to an aromatic ring is 1. The lowest BCUT2D eigenvalue weighted by molar-refractivity contribution is 0.258. The summed E-state index contributed by atoms with van der Waals surface area (Å²) < 4.78 is 1.20. The van der Waals surface area contributed by atoms with Crippen LogP contribution in [0, 0.1) is 13.8 Å². The van der Waals surface area contributed by atoms with Crippen LogP contribution in [0.5, 0.6) is 0 Å². The molecule has 0 aliphatic carbocycles. The number of thiophene rings is 1. The zero-order valence-electron chi connectivity index (χ0n) is 16.7. The van der Waals surface area contributed by atoms with E-state index < -0.39 is 0 Å². The maximum Gasteiger partial charge on any atom is 0.281 e. The fraction of sp³-hybridized carbons (Fsp3) is 0.474. The molecule has 0 radical (unpaired) electrons. The van der Waals surface area contributed by atoms with E-state index in [2.05, 4.69) is 24.8 Å². The molecule has 0 unspecified atom stereocenters. The second-order valence-electron chi connectivity index (χ2n) is 7.13. The van der Waals surface area contributed by atoms with Crippen molar-refractivity contribution in [3.63, 3.8) is 0 Å². The van der Waals surface area contributed by atoms with Crippen LogP contribution in [-0.4, -0.2) is 63.0 Å². The molecule has 3 aromatic heterocycles. The molecule has 1 saturated heterocycles. The van der Waals surface area contributed by atoms with Crippen LogP contribution in [0.15, 0.2) is 28.5 Å². The molecule has 1 aliphatic rings. The lowest BCUT2D eigenvalue weighted by Gasteiger charge is -2.35. The van der Waals surface area contributed by atoms with E-state index in [0.29, 0.717) is 10.5 Å². The number of hydrogen-bond acceptors (Lipinski definition) is 9. The van der Waals surface area contributed by atoms with Crippen LogP contribution < -0.4 is 16.3 Å². The Morgan fingerprint density at radius 1 is 1.24 bits per heavy atom. The maximum absolute atomic E-state index is 12.6. The smallest absolute Gasteiger partial charge is 0.281 e. The fourth-order valence-electron chi connectivity index (χ4n) is 3.51. The summed E-state index contributed by atoms with van der Waals surface area (Å²) in [6.45, 7) is 8.98. The van der Waals surface area contributed by atoms with E-state index in [1.165, 1.54) is 4.68 Å². The second-order valence-corrected chi connectivity index (χ2v) is 9.40. The van der Waals surface area contributed by atoms with Gasteiger partial charge in [-0.1, -0.05) is 11.8 Å². The number of anilines is 1. The van der Waals surface area contributed by atoms with E-state index >= 15 is 0 Å². The molecular weight excluding hydrogens is 406 g/mol. The molecule has 1 aliphatic heterocycles. The summed E-state index contributed by atoms with van der Waals surface area (Å²) in [7, 11) is 0. The Labute approximate surface area is 177 Å². The third-order valence-corrected chi connectivity index (χ3v) is 7.46. The number of fused-ring (bicyclic) bond motifs is 1. The highest BCUT2D eigenvalue weighted by Crippen LogP contribution is 2.27. The summed E-state index contributed by atoms with van der Waals surface area (Å²) in [5.74, 6) is 7.90. The van der Waals surface area contributed by atoms with Gasteiger partial charge in [-0.15, -0.1) is 11.3 Å². The van der Waals surface area contributed by atoms with Crippen LogP contribution in [0.3, 0.4) is 0 Å². The lowest BCUT2D eigenvalue weighted by Crippen LogP contribution is -2.47. The van der Waals surface area contributed by atoms with Crippen molar-refractivity contribution in [3.8, 4) is 0 Å². The van der Waals surface area contributed by atoms with Crippen molar-refractivity contribution in [2.45, 2.75) is 25.4 Å². The van der Waals surface area contributed by atoms with Crippen LogP contribution in [0.1, 0.15) is 16.9 Å². The Kier molecular flexibility index (Phi) is 6.02. The number of thioether (sulfide) groups is 1. The molecule has 0 atom stereocenters. The number of aromatic nitrogens is 4. The van der Waals surface area contributed by atoms with Gasteiger partial charge >= 0.3 is 0 Å². The van der Waals surface area contributed by atoms with Gasteiger partial charge in [0.25, 0.3) is 5.56 Å². The van der Waals surface area contributed by atoms with Gasteiger partial charge in [0.1, 0.15) is 17.0 Å². The molecule has 0 aromatic carbocycles. The van der Waals surface area contributed by atoms with Gasteiger partial charge in [-0.2, -0.15) is 0 Å². The Balaban J connectivity index is 1.28. The Morgan fingerprint density at radius 2 is 2.03 bits per heavy atom. The molecule has 4 rings (SSSR count). The molecule has 1 fully saturated rings. The van der Waals surface area contributed by atoms with Crippen LogP contribution in [0.25, 0.3) is 10.2 Å². The summed E-state index contributed by atoms with van der Waals surface area (Å²) in [5.41, 5.74) is 0.833. The lowest BCUT2D eigenvalue weighted by atomic mass is 10.2. The first-order valence-electron chi connectivity index (χ1n) is 9.68. The molecule has 154 valence electrons. The minimum absolute atomic E-state index is 0.153. The largest absolute Gasteiger partial charge is 0.354 e. The average molecular weight is 432 g/mol. The molecule has 0 spiro atoms. The van der Waals surface area contributed by atoms with Crippen molar-refractivity contribution in [1.82, 2.24) is 24.5 Å². The number of piperazine rings is 1. The predicted molar refractivity (Wildman–Crippen MR) is 120 cm³/mol. The minimum atomic E-state index is -0.153. The van der Waals surface area contributed by atoms with E-state index in [1.807, 2.05) is 19.9 Å². The molecule has 0 amide bonds. The molecule has 29 heavy (non-hydrogen) atoms. The van der Waals surface area contributed by atoms with Gasteiger partial charge in [0.2, 0.25) is 0 Å². The number of nitrogens with two attached hydrogens (primary N) is 1. The first kappa shape index (κ1) is 20.1. The third-order valence-electron chi connectivity index (χ3n) is 5.32. The van der Waals surface area contributed by atoms with Gasteiger partial charge in [-0.25, -0.2) is 19.6 Å². The van der Waals surface area contributed by atoms with Gasteiger partial charge < -0.3 is 10.7 Å². The van der Waals surface area contributed by atoms with E-state index in [-0.39, 0.29) is 5.56 Å². The SMILES string of the molecule is Cc1sc2nc(SCCCN3CCN(c4ccncn4)CC3)n(N)c(=O)c2c1C. The van der Waals surface area contributed by atoms with Crippen LogP contribution in [0.2, 0.25) is 0 Å². The van der Waals surface area contributed by atoms with Crippen molar-refractivity contribution in [3.05, 3.63) is 39.4 Å². The topological polar surface area (TPSA) is 93.2 Å². The number of nitrogens with zero attached hydrogens (tertiary/aromatic N) is 6. The van der Waals surface area contributed by atoms with Gasteiger partial charge in [-0.3, -0.25) is 9.69 Å². The maximum atomic E-state index is 12.6. The molecular formula is C19H25N7OS2. The van der Waals surface area contributed by atoms with Crippen molar-refractivity contribution in [1.29, 1.82) is 0 Å². The summed E-state index contributed by atoms with van der Waals surface area (Å²) in [4.78, 5) is 32.2. The van der Waals surface area contributed by atoms with Gasteiger partial charge in [0.15, 0.2) is 5.16 Å². The van der Waals surface area contributed by atoms with E-state index in [0.717, 1.165) is 66.0 Å².